The van der Waals surface area contributed by atoms with Crippen LogP contribution in [0.15, 0.2) is 10.7 Å². The molecular weight excluding hydrogens is 298 g/mol. The van der Waals surface area contributed by atoms with Crippen LogP contribution in [0, 0.1) is 0 Å². The number of aliphatic hydroxyl groups is 1. The van der Waals surface area contributed by atoms with Gasteiger partial charge in [-0.25, -0.2) is 0 Å². The maximum atomic E-state index is 10.1. The van der Waals surface area contributed by atoms with E-state index in [0.717, 1.165) is 22.3 Å². The average Bonchev–Trinajstić information content (AvgIpc) is 2.87. The summed E-state index contributed by atoms with van der Waals surface area (Å²) in [7, 11) is 3.65. The van der Waals surface area contributed by atoms with Gasteiger partial charge in [-0.1, -0.05) is 12.1 Å². The molecule has 0 aliphatic carbocycles. The molecule has 2 aromatic rings. The van der Waals surface area contributed by atoms with E-state index >= 15 is 0 Å². The van der Waals surface area contributed by atoms with E-state index in [1.807, 2.05) is 7.05 Å². The molecule has 0 spiro atoms. The number of aliphatic hydroxyl groups excluding tert-OH is 1. The molecule has 0 aromatic carbocycles. The summed E-state index contributed by atoms with van der Waals surface area (Å²) >= 11 is 3.53. The van der Waals surface area contributed by atoms with Crippen molar-refractivity contribution in [1.82, 2.24) is 24.8 Å². The van der Waals surface area contributed by atoms with E-state index in [9.17, 15) is 5.11 Å². The number of aryl methyl sites for hydroxylation is 3. The average molecular weight is 314 g/mol. The summed E-state index contributed by atoms with van der Waals surface area (Å²) in [5, 5.41) is 22.3. The minimum absolute atomic E-state index is 0.461. The van der Waals surface area contributed by atoms with E-state index in [1.54, 1.807) is 22.6 Å². The normalized spacial score (nSPS) is 12.9. The summed E-state index contributed by atoms with van der Waals surface area (Å²) in [6, 6.07) is 0. The zero-order chi connectivity index (χ0) is 13.3. The number of hydrogen-bond donors (Lipinski definition) is 1. The number of rotatable bonds is 4. The van der Waals surface area contributed by atoms with Gasteiger partial charge in [0, 0.05) is 20.5 Å². The van der Waals surface area contributed by atoms with Crippen molar-refractivity contribution in [3.8, 4) is 0 Å². The van der Waals surface area contributed by atoms with Crippen molar-refractivity contribution in [1.29, 1.82) is 0 Å². The summed E-state index contributed by atoms with van der Waals surface area (Å²) < 4.78 is 4.34. The summed E-state index contributed by atoms with van der Waals surface area (Å²) in [6.45, 7) is 2.05. The minimum atomic E-state index is -0.671. The number of hydrogen-bond acceptors (Lipinski definition) is 4. The van der Waals surface area contributed by atoms with E-state index in [1.165, 1.54) is 0 Å². The first-order valence-corrected chi connectivity index (χ1v) is 6.56. The first-order chi connectivity index (χ1) is 8.52. The number of nitrogens with zero attached hydrogens (tertiary/aromatic N) is 5. The van der Waals surface area contributed by atoms with Gasteiger partial charge < -0.3 is 5.11 Å². The fourth-order valence-corrected chi connectivity index (χ4v) is 2.63. The molecule has 6 nitrogen and oxygen atoms in total. The van der Waals surface area contributed by atoms with Crippen LogP contribution in [0.5, 0.6) is 0 Å². The van der Waals surface area contributed by atoms with E-state index in [4.69, 9.17) is 0 Å². The van der Waals surface area contributed by atoms with Crippen LogP contribution in [0.1, 0.15) is 30.1 Å². The SMILES string of the molecule is CCc1nn(C)c(CC(O)c2cn(C)nn2)c1Br. The standard InChI is InChI=1S/C11H16BrN5O/c1-4-7-11(12)9(17(3)14-7)5-10(18)8-6-16(2)15-13-8/h6,10,18H,4-5H2,1-3H3. The highest BCUT2D eigenvalue weighted by Crippen LogP contribution is 2.25. The largest absolute Gasteiger partial charge is 0.386 e. The summed E-state index contributed by atoms with van der Waals surface area (Å²) in [4.78, 5) is 0. The molecule has 1 atom stereocenters. The van der Waals surface area contributed by atoms with Crippen LogP contribution < -0.4 is 0 Å². The first kappa shape index (κ1) is 13.2. The Bertz CT molecular complexity index is 548. The molecule has 0 saturated carbocycles. The Morgan fingerprint density at radius 3 is 2.67 bits per heavy atom. The topological polar surface area (TPSA) is 68.8 Å². The Hall–Kier alpha value is -1.21. The van der Waals surface area contributed by atoms with E-state index in [-0.39, 0.29) is 0 Å². The third kappa shape index (κ3) is 2.46. The van der Waals surface area contributed by atoms with Gasteiger partial charge in [0.15, 0.2) is 0 Å². The maximum Gasteiger partial charge on any atom is 0.112 e. The molecular formula is C11H16BrN5O. The Morgan fingerprint density at radius 2 is 2.17 bits per heavy atom. The van der Waals surface area contributed by atoms with Gasteiger partial charge in [0.05, 0.1) is 22.1 Å². The molecule has 0 fully saturated rings. The molecule has 0 bridgehead atoms. The van der Waals surface area contributed by atoms with Gasteiger partial charge >= 0.3 is 0 Å². The maximum absolute atomic E-state index is 10.1. The molecule has 0 amide bonds. The smallest absolute Gasteiger partial charge is 0.112 e. The predicted molar refractivity (Wildman–Crippen MR) is 70.0 cm³/mol. The lowest BCUT2D eigenvalue weighted by molar-refractivity contribution is 0.170. The predicted octanol–water partition coefficient (Wildman–Crippen LogP) is 1.15. The van der Waals surface area contributed by atoms with Crippen molar-refractivity contribution >= 4 is 15.9 Å². The molecule has 2 heterocycles. The third-order valence-corrected chi connectivity index (χ3v) is 3.77. The first-order valence-electron chi connectivity index (χ1n) is 5.77. The lowest BCUT2D eigenvalue weighted by Crippen LogP contribution is -2.07. The second kappa shape index (κ2) is 5.19. The van der Waals surface area contributed by atoms with Crippen molar-refractivity contribution in [2.75, 3.05) is 0 Å². The van der Waals surface area contributed by atoms with Crippen LogP contribution >= 0.6 is 15.9 Å². The van der Waals surface area contributed by atoms with E-state index < -0.39 is 6.10 Å². The van der Waals surface area contributed by atoms with Crippen molar-refractivity contribution in [3.05, 3.63) is 27.8 Å². The summed E-state index contributed by atoms with van der Waals surface area (Å²) in [6.07, 6.45) is 2.36. The van der Waals surface area contributed by atoms with Crippen LogP contribution in [0.2, 0.25) is 0 Å². The Kier molecular flexibility index (Phi) is 3.82. The molecule has 0 aliphatic rings. The van der Waals surface area contributed by atoms with Gasteiger partial charge in [0.25, 0.3) is 0 Å². The Balaban J connectivity index is 2.21. The minimum Gasteiger partial charge on any atom is -0.386 e. The zero-order valence-electron chi connectivity index (χ0n) is 10.6. The van der Waals surface area contributed by atoms with Crippen LogP contribution in [-0.4, -0.2) is 29.9 Å². The Morgan fingerprint density at radius 1 is 1.44 bits per heavy atom. The van der Waals surface area contributed by atoms with Crippen LogP contribution in [0.4, 0.5) is 0 Å². The fourth-order valence-electron chi connectivity index (χ4n) is 1.85. The molecule has 0 radical (unpaired) electrons. The fraction of sp³-hybridized carbons (Fsp3) is 0.545. The molecule has 2 rings (SSSR count). The van der Waals surface area contributed by atoms with Crippen molar-refractivity contribution in [2.45, 2.75) is 25.9 Å². The highest BCUT2D eigenvalue weighted by Gasteiger charge is 2.19. The quantitative estimate of drug-likeness (QED) is 0.919. The van der Waals surface area contributed by atoms with Gasteiger partial charge in [0.2, 0.25) is 0 Å². The summed E-state index contributed by atoms with van der Waals surface area (Å²) in [5.41, 5.74) is 2.53. The molecule has 2 aromatic heterocycles. The van der Waals surface area contributed by atoms with Gasteiger partial charge in [-0.2, -0.15) is 5.10 Å². The number of aromatic nitrogens is 5. The van der Waals surface area contributed by atoms with Gasteiger partial charge in [-0.3, -0.25) is 9.36 Å². The molecule has 0 saturated heterocycles. The molecule has 98 valence electrons. The number of halogens is 1. The van der Waals surface area contributed by atoms with Gasteiger partial charge in [0.1, 0.15) is 11.8 Å². The Labute approximate surface area is 114 Å². The molecule has 1 N–H and O–H groups in total. The molecule has 0 aliphatic heterocycles. The van der Waals surface area contributed by atoms with Crippen LogP contribution in [0.3, 0.4) is 0 Å². The second-order valence-electron chi connectivity index (χ2n) is 4.22. The third-order valence-electron chi connectivity index (χ3n) is 2.85. The van der Waals surface area contributed by atoms with Crippen molar-refractivity contribution < 1.29 is 5.11 Å². The van der Waals surface area contributed by atoms with Crippen LogP contribution in [-0.2, 0) is 26.9 Å². The molecule has 1 unspecified atom stereocenters. The second-order valence-corrected chi connectivity index (χ2v) is 5.01. The van der Waals surface area contributed by atoms with E-state index in [0.29, 0.717) is 12.1 Å². The van der Waals surface area contributed by atoms with Gasteiger partial charge in [-0.15, -0.1) is 5.10 Å². The highest BCUT2D eigenvalue weighted by molar-refractivity contribution is 9.10. The highest BCUT2D eigenvalue weighted by atomic mass is 79.9. The monoisotopic (exact) mass is 313 g/mol. The molecule has 7 heteroatoms. The van der Waals surface area contributed by atoms with Crippen LogP contribution in [0.25, 0.3) is 0 Å². The zero-order valence-corrected chi connectivity index (χ0v) is 12.2. The molecule has 18 heavy (non-hydrogen) atoms. The van der Waals surface area contributed by atoms with Crippen molar-refractivity contribution in [2.24, 2.45) is 14.1 Å². The summed E-state index contributed by atoms with van der Waals surface area (Å²) in [5.74, 6) is 0. The van der Waals surface area contributed by atoms with E-state index in [2.05, 4.69) is 38.3 Å². The lowest BCUT2D eigenvalue weighted by atomic mass is 10.1. The van der Waals surface area contributed by atoms with Crippen molar-refractivity contribution in [3.63, 3.8) is 0 Å². The van der Waals surface area contributed by atoms with Gasteiger partial charge in [-0.05, 0) is 22.4 Å². The lowest BCUT2D eigenvalue weighted by Gasteiger charge is -2.08.